The van der Waals surface area contributed by atoms with E-state index >= 15 is 0 Å². The Morgan fingerprint density at radius 3 is 2.80 bits per heavy atom. The van der Waals surface area contributed by atoms with Crippen LogP contribution in [0.15, 0.2) is 29.5 Å². The van der Waals surface area contributed by atoms with Gasteiger partial charge in [-0.1, -0.05) is 0 Å². The minimum atomic E-state index is 0.504. The maximum Gasteiger partial charge on any atom is 0.218 e. The monoisotopic (exact) mass is 270 g/mol. The predicted octanol–water partition coefficient (Wildman–Crippen LogP) is 2.17. The van der Waals surface area contributed by atoms with Crippen LogP contribution in [0.3, 0.4) is 0 Å². The molecule has 0 atom stereocenters. The molecule has 6 heteroatoms. The lowest BCUT2D eigenvalue weighted by Gasteiger charge is -2.12. The maximum absolute atomic E-state index is 5.41. The van der Waals surface area contributed by atoms with Crippen LogP contribution in [0, 0.1) is 0 Å². The molecule has 0 saturated heterocycles. The number of anilines is 2. The van der Waals surface area contributed by atoms with Gasteiger partial charge in [0.15, 0.2) is 0 Å². The highest BCUT2D eigenvalue weighted by molar-refractivity contribution is 5.87. The van der Waals surface area contributed by atoms with E-state index in [-0.39, 0.29) is 0 Å². The average molecular weight is 270 g/mol. The number of rotatable bonds is 4. The summed E-state index contributed by atoms with van der Waals surface area (Å²) in [4.78, 5) is 12.4. The molecule has 0 spiro atoms. The number of nitrogens with zero attached hydrogens (tertiary/aromatic N) is 3. The van der Waals surface area contributed by atoms with Crippen LogP contribution in [-0.2, 0) is 6.54 Å². The van der Waals surface area contributed by atoms with E-state index < -0.39 is 0 Å². The number of benzene rings is 1. The standard InChI is InChI=1S/C14H14N4O2/c1-19-12-4-10-7-15-6-9(10)3-11(12)18-13-5-14(20-2)17-8-16-13/h3-6,8H,7H2,1-2H3,(H,16,17,18). The Hall–Kier alpha value is -2.63. The summed E-state index contributed by atoms with van der Waals surface area (Å²) in [5.41, 5.74) is 3.09. The van der Waals surface area contributed by atoms with Crippen LogP contribution in [0.4, 0.5) is 11.5 Å². The average Bonchev–Trinajstić information content (AvgIpc) is 2.93. The first-order valence-electron chi connectivity index (χ1n) is 6.14. The number of aromatic nitrogens is 2. The van der Waals surface area contributed by atoms with Gasteiger partial charge in [0.05, 0.1) is 26.5 Å². The summed E-state index contributed by atoms with van der Waals surface area (Å²) < 4.78 is 10.5. The summed E-state index contributed by atoms with van der Waals surface area (Å²) in [6, 6.07) is 5.71. The number of nitrogens with one attached hydrogen (secondary N) is 1. The van der Waals surface area contributed by atoms with Gasteiger partial charge in [0.2, 0.25) is 5.88 Å². The molecule has 0 bridgehead atoms. The van der Waals surface area contributed by atoms with E-state index in [9.17, 15) is 0 Å². The van der Waals surface area contributed by atoms with Crippen molar-refractivity contribution in [3.63, 3.8) is 0 Å². The molecule has 0 saturated carbocycles. The van der Waals surface area contributed by atoms with Crippen LogP contribution in [-0.4, -0.2) is 30.4 Å². The van der Waals surface area contributed by atoms with E-state index in [1.54, 1.807) is 20.3 Å². The summed E-state index contributed by atoms with van der Waals surface area (Å²) in [5.74, 6) is 1.90. The van der Waals surface area contributed by atoms with E-state index in [1.807, 2.05) is 18.3 Å². The largest absolute Gasteiger partial charge is 0.495 e. The van der Waals surface area contributed by atoms with Crippen molar-refractivity contribution in [3.8, 4) is 11.6 Å². The van der Waals surface area contributed by atoms with Gasteiger partial charge in [-0.05, 0) is 23.3 Å². The Morgan fingerprint density at radius 2 is 2.00 bits per heavy atom. The molecule has 1 N–H and O–H groups in total. The van der Waals surface area contributed by atoms with E-state index in [0.717, 1.165) is 22.6 Å². The van der Waals surface area contributed by atoms with Crippen LogP contribution < -0.4 is 14.8 Å². The third-order valence-corrected chi connectivity index (χ3v) is 3.07. The molecular weight excluding hydrogens is 256 g/mol. The van der Waals surface area contributed by atoms with E-state index in [2.05, 4.69) is 20.3 Å². The molecule has 2 heterocycles. The molecule has 0 fully saturated rings. The fourth-order valence-electron chi connectivity index (χ4n) is 2.06. The van der Waals surface area contributed by atoms with Gasteiger partial charge >= 0.3 is 0 Å². The quantitative estimate of drug-likeness (QED) is 0.922. The van der Waals surface area contributed by atoms with Gasteiger partial charge < -0.3 is 14.8 Å². The highest BCUT2D eigenvalue weighted by atomic mass is 16.5. The molecule has 0 unspecified atom stereocenters. The number of aliphatic imine (C=N–C) groups is 1. The van der Waals surface area contributed by atoms with Gasteiger partial charge in [-0.3, -0.25) is 4.99 Å². The van der Waals surface area contributed by atoms with Gasteiger partial charge in [-0.25, -0.2) is 9.97 Å². The predicted molar refractivity (Wildman–Crippen MR) is 76.2 cm³/mol. The SMILES string of the molecule is COc1cc(Nc2cc3c(cc2OC)CN=C3)ncn1. The van der Waals surface area contributed by atoms with Crippen LogP contribution in [0.2, 0.25) is 0 Å². The summed E-state index contributed by atoms with van der Waals surface area (Å²) in [6.07, 6.45) is 3.31. The van der Waals surface area contributed by atoms with Gasteiger partial charge in [0.25, 0.3) is 0 Å². The Kier molecular flexibility index (Phi) is 3.20. The summed E-state index contributed by atoms with van der Waals surface area (Å²) in [6.45, 7) is 0.702. The minimum Gasteiger partial charge on any atom is -0.495 e. The van der Waals surface area contributed by atoms with Crippen molar-refractivity contribution >= 4 is 17.7 Å². The van der Waals surface area contributed by atoms with Crippen LogP contribution in [0.1, 0.15) is 11.1 Å². The molecule has 1 aromatic heterocycles. The van der Waals surface area contributed by atoms with Gasteiger partial charge in [-0.2, -0.15) is 0 Å². The third-order valence-electron chi connectivity index (χ3n) is 3.07. The Labute approximate surface area is 116 Å². The minimum absolute atomic E-state index is 0.504. The number of ether oxygens (including phenoxy) is 2. The molecular formula is C14H14N4O2. The summed E-state index contributed by atoms with van der Waals surface area (Å²) in [7, 11) is 3.21. The maximum atomic E-state index is 5.41. The smallest absolute Gasteiger partial charge is 0.218 e. The van der Waals surface area contributed by atoms with Crippen molar-refractivity contribution in [2.75, 3.05) is 19.5 Å². The Morgan fingerprint density at radius 1 is 1.10 bits per heavy atom. The fourth-order valence-corrected chi connectivity index (χ4v) is 2.06. The normalized spacial score (nSPS) is 12.1. The first-order chi connectivity index (χ1) is 9.80. The van der Waals surface area contributed by atoms with Gasteiger partial charge in [0, 0.05) is 12.3 Å². The third kappa shape index (κ3) is 2.27. The number of hydrogen-bond acceptors (Lipinski definition) is 6. The lowest BCUT2D eigenvalue weighted by molar-refractivity contribution is 0.397. The van der Waals surface area contributed by atoms with Crippen molar-refractivity contribution in [1.82, 2.24) is 9.97 Å². The molecule has 6 nitrogen and oxygen atoms in total. The first kappa shape index (κ1) is 12.4. The van der Waals surface area contributed by atoms with Gasteiger partial charge in [-0.15, -0.1) is 0 Å². The highest BCUT2D eigenvalue weighted by Crippen LogP contribution is 2.32. The second-order valence-electron chi connectivity index (χ2n) is 4.29. The molecule has 3 rings (SSSR count). The van der Waals surface area contributed by atoms with Crippen LogP contribution >= 0.6 is 0 Å². The van der Waals surface area contributed by atoms with Gasteiger partial charge in [0.1, 0.15) is 17.9 Å². The molecule has 0 aliphatic carbocycles. The van der Waals surface area contributed by atoms with Crippen molar-refractivity contribution in [3.05, 3.63) is 35.7 Å². The lowest BCUT2D eigenvalue weighted by atomic mass is 10.1. The number of hydrogen-bond donors (Lipinski definition) is 1. The molecule has 2 aromatic rings. The number of methoxy groups -OCH3 is 2. The zero-order valence-corrected chi connectivity index (χ0v) is 11.3. The molecule has 20 heavy (non-hydrogen) atoms. The van der Waals surface area contributed by atoms with Crippen LogP contribution in [0.5, 0.6) is 11.6 Å². The molecule has 1 aliphatic heterocycles. The molecule has 1 aliphatic rings. The Balaban J connectivity index is 1.95. The summed E-state index contributed by atoms with van der Waals surface area (Å²) in [5, 5.41) is 3.21. The molecule has 1 aromatic carbocycles. The Bertz CT molecular complexity index is 670. The zero-order valence-electron chi connectivity index (χ0n) is 11.3. The van der Waals surface area contributed by atoms with E-state index in [4.69, 9.17) is 9.47 Å². The van der Waals surface area contributed by atoms with Crippen molar-refractivity contribution in [2.24, 2.45) is 4.99 Å². The van der Waals surface area contributed by atoms with Crippen molar-refractivity contribution < 1.29 is 9.47 Å². The highest BCUT2D eigenvalue weighted by Gasteiger charge is 2.13. The fraction of sp³-hybridized carbons (Fsp3) is 0.214. The second kappa shape index (κ2) is 5.16. The zero-order chi connectivity index (χ0) is 13.9. The topological polar surface area (TPSA) is 68.6 Å². The van der Waals surface area contributed by atoms with Crippen molar-refractivity contribution in [1.29, 1.82) is 0 Å². The number of fused-ring (bicyclic) bond motifs is 1. The van der Waals surface area contributed by atoms with Crippen LogP contribution in [0.25, 0.3) is 0 Å². The second-order valence-corrected chi connectivity index (χ2v) is 4.29. The summed E-state index contributed by atoms with van der Waals surface area (Å²) >= 11 is 0. The molecule has 0 amide bonds. The van der Waals surface area contributed by atoms with E-state index in [1.165, 1.54) is 6.33 Å². The van der Waals surface area contributed by atoms with Crippen molar-refractivity contribution in [2.45, 2.75) is 6.54 Å². The lowest BCUT2D eigenvalue weighted by Crippen LogP contribution is -2.00. The molecule has 102 valence electrons. The van der Waals surface area contributed by atoms with E-state index in [0.29, 0.717) is 18.2 Å². The molecule has 0 radical (unpaired) electrons. The first-order valence-corrected chi connectivity index (χ1v) is 6.14.